The van der Waals surface area contributed by atoms with Gasteiger partial charge in [-0.1, -0.05) is 44.6 Å². The number of aryl methyl sites for hydroxylation is 1. The van der Waals surface area contributed by atoms with Crippen molar-refractivity contribution in [3.63, 3.8) is 0 Å². The second-order valence-electron chi connectivity index (χ2n) is 8.82. The van der Waals surface area contributed by atoms with Gasteiger partial charge in [0.15, 0.2) is 4.80 Å². The summed E-state index contributed by atoms with van der Waals surface area (Å²) >= 11 is 1.52. The lowest BCUT2D eigenvalue weighted by atomic mass is 10.0. The molecule has 0 atom stereocenters. The van der Waals surface area contributed by atoms with E-state index in [1.807, 2.05) is 0 Å². The smallest absolute Gasteiger partial charge is 0.279 e. The van der Waals surface area contributed by atoms with Gasteiger partial charge in [-0.3, -0.25) is 4.79 Å². The Morgan fingerprint density at radius 1 is 1.06 bits per heavy atom. The van der Waals surface area contributed by atoms with E-state index in [0.29, 0.717) is 29.4 Å². The van der Waals surface area contributed by atoms with Crippen LogP contribution in [0.4, 0.5) is 0 Å². The second-order valence-corrected chi connectivity index (χ2v) is 11.8. The molecule has 0 aliphatic carbocycles. The van der Waals surface area contributed by atoms with Gasteiger partial charge in [0.1, 0.15) is 0 Å². The fraction of sp³-hybridized carbons (Fsp3) is 0.440. The van der Waals surface area contributed by atoms with Crippen molar-refractivity contribution in [1.82, 2.24) is 8.87 Å². The van der Waals surface area contributed by atoms with Crippen LogP contribution in [0.2, 0.25) is 0 Å². The molecule has 0 spiro atoms. The summed E-state index contributed by atoms with van der Waals surface area (Å²) in [5, 5.41) is 0. The summed E-state index contributed by atoms with van der Waals surface area (Å²) < 4.78 is 30.5. The predicted molar refractivity (Wildman–Crippen MR) is 133 cm³/mol. The number of sulfonamides is 1. The zero-order chi connectivity index (χ0) is 23.6. The molecule has 8 heteroatoms. The molecule has 1 amide bonds. The van der Waals surface area contributed by atoms with E-state index in [4.69, 9.17) is 0 Å². The van der Waals surface area contributed by atoms with Gasteiger partial charge in [0.2, 0.25) is 10.0 Å². The summed E-state index contributed by atoms with van der Waals surface area (Å²) in [6.45, 7) is 8.32. The number of rotatable bonds is 6. The number of thiazole rings is 1. The third-order valence-electron chi connectivity index (χ3n) is 6.07. The Labute approximate surface area is 199 Å². The maximum absolute atomic E-state index is 13.0. The van der Waals surface area contributed by atoms with Crippen molar-refractivity contribution < 1.29 is 13.2 Å². The molecule has 176 valence electrons. The Balaban J connectivity index is 1.65. The monoisotopic (exact) mass is 485 g/mol. The van der Waals surface area contributed by atoms with E-state index >= 15 is 0 Å². The highest BCUT2D eigenvalue weighted by Gasteiger charge is 2.26. The number of nitrogens with zero attached hydrogens (tertiary/aromatic N) is 3. The maximum Gasteiger partial charge on any atom is 0.279 e. The van der Waals surface area contributed by atoms with Crippen LogP contribution in [0.3, 0.4) is 0 Å². The molecule has 3 aromatic rings. The van der Waals surface area contributed by atoms with Gasteiger partial charge in [0.25, 0.3) is 5.91 Å². The minimum atomic E-state index is -3.52. The number of carbonyl (C=O) groups excluding carboxylic acids is 1. The Bertz CT molecular complexity index is 1310. The first-order valence-corrected chi connectivity index (χ1v) is 13.9. The molecule has 0 unspecified atom stereocenters. The summed E-state index contributed by atoms with van der Waals surface area (Å²) in [5.41, 5.74) is 2.73. The van der Waals surface area contributed by atoms with Crippen molar-refractivity contribution in [3.05, 3.63) is 58.4 Å². The molecule has 1 aromatic heterocycles. The molecule has 1 aliphatic heterocycles. The molecule has 4 rings (SSSR count). The Morgan fingerprint density at radius 3 is 2.39 bits per heavy atom. The van der Waals surface area contributed by atoms with Crippen molar-refractivity contribution in [2.45, 2.75) is 63.8 Å². The van der Waals surface area contributed by atoms with E-state index in [9.17, 15) is 13.2 Å². The topological polar surface area (TPSA) is 71.7 Å². The first-order valence-electron chi connectivity index (χ1n) is 11.6. The maximum atomic E-state index is 13.0. The largest absolute Gasteiger partial charge is 0.316 e. The highest BCUT2D eigenvalue weighted by molar-refractivity contribution is 7.89. The minimum absolute atomic E-state index is 0.227. The number of benzene rings is 2. The average molecular weight is 486 g/mol. The number of fused-ring (bicyclic) bond motifs is 1. The fourth-order valence-corrected chi connectivity index (χ4v) is 6.77. The average Bonchev–Trinajstić information content (AvgIpc) is 3.16. The Hall–Kier alpha value is -2.29. The van der Waals surface area contributed by atoms with Crippen molar-refractivity contribution >= 4 is 37.5 Å². The van der Waals surface area contributed by atoms with E-state index < -0.39 is 10.0 Å². The van der Waals surface area contributed by atoms with Gasteiger partial charge in [-0.05, 0) is 67.1 Å². The summed E-state index contributed by atoms with van der Waals surface area (Å²) in [7, 11) is -3.52. The van der Waals surface area contributed by atoms with E-state index in [1.165, 1.54) is 33.3 Å². The van der Waals surface area contributed by atoms with Crippen molar-refractivity contribution in [3.8, 4) is 0 Å². The summed E-state index contributed by atoms with van der Waals surface area (Å²) in [5.74, 6) is 0.0651. The first kappa shape index (κ1) is 23.9. The lowest BCUT2D eigenvalue weighted by Gasteiger charge is -2.25. The van der Waals surface area contributed by atoms with Crippen LogP contribution in [0.1, 0.15) is 68.3 Å². The quantitative estimate of drug-likeness (QED) is 0.485. The van der Waals surface area contributed by atoms with E-state index in [-0.39, 0.29) is 10.8 Å². The molecule has 0 N–H and O–H groups in total. The molecule has 2 heterocycles. The second kappa shape index (κ2) is 9.91. The zero-order valence-electron chi connectivity index (χ0n) is 19.5. The van der Waals surface area contributed by atoms with Crippen LogP contribution < -0.4 is 4.80 Å². The van der Waals surface area contributed by atoms with Crippen LogP contribution in [0, 0.1) is 0 Å². The van der Waals surface area contributed by atoms with E-state index in [1.54, 1.807) is 12.1 Å². The van der Waals surface area contributed by atoms with Crippen molar-refractivity contribution in [2.75, 3.05) is 13.1 Å². The van der Waals surface area contributed by atoms with Gasteiger partial charge in [-0.2, -0.15) is 9.30 Å². The van der Waals surface area contributed by atoms with Gasteiger partial charge >= 0.3 is 0 Å². The van der Waals surface area contributed by atoms with Crippen LogP contribution >= 0.6 is 11.3 Å². The molecular formula is C25H31N3O3S2. The first-order chi connectivity index (χ1) is 15.8. The van der Waals surface area contributed by atoms with Gasteiger partial charge in [0, 0.05) is 25.2 Å². The predicted octanol–water partition coefficient (Wildman–Crippen LogP) is 5.15. The van der Waals surface area contributed by atoms with Crippen LogP contribution in [-0.4, -0.2) is 36.3 Å². The molecule has 0 saturated carbocycles. The van der Waals surface area contributed by atoms with Crippen LogP contribution in [0.5, 0.6) is 0 Å². The molecular weight excluding hydrogens is 454 g/mol. The highest BCUT2D eigenvalue weighted by Crippen LogP contribution is 2.24. The third-order valence-corrected chi connectivity index (χ3v) is 9.03. The lowest BCUT2D eigenvalue weighted by Crippen LogP contribution is -2.35. The normalized spacial score (nSPS) is 16.1. The van der Waals surface area contributed by atoms with E-state index in [2.05, 4.69) is 48.5 Å². The summed E-state index contributed by atoms with van der Waals surface area (Å²) in [4.78, 5) is 18.3. The summed E-state index contributed by atoms with van der Waals surface area (Å²) in [6, 6.07) is 12.6. The highest BCUT2D eigenvalue weighted by atomic mass is 32.2. The van der Waals surface area contributed by atoms with Gasteiger partial charge in [-0.15, -0.1) is 0 Å². The van der Waals surface area contributed by atoms with Crippen molar-refractivity contribution in [1.29, 1.82) is 0 Å². The SMILES string of the molecule is CCCn1c(=NC(=O)c2ccc(S(=O)(=O)N3CCCCC3)cc2)sc2cc(C(C)C)ccc21. The number of hydrogen-bond donors (Lipinski definition) is 0. The summed E-state index contributed by atoms with van der Waals surface area (Å²) in [6.07, 6.45) is 3.78. The molecule has 2 aromatic carbocycles. The van der Waals surface area contributed by atoms with E-state index in [0.717, 1.165) is 42.4 Å². The standard InChI is InChI=1S/C25H31N3O3S2/c1-4-14-28-22-13-10-20(18(2)3)17-23(22)32-25(28)26-24(29)19-8-11-21(12-9-19)33(30,31)27-15-6-5-7-16-27/h8-13,17-18H,4-7,14-16H2,1-3H3. The van der Waals surface area contributed by atoms with Crippen molar-refractivity contribution in [2.24, 2.45) is 4.99 Å². The number of aromatic nitrogens is 1. The third kappa shape index (κ3) is 4.98. The molecule has 0 radical (unpaired) electrons. The number of amides is 1. The number of piperidine rings is 1. The fourth-order valence-electron chi connectivity index (χ4n) is 4.15. The van der Waals surface area contributed by atoms with Gasteiger partial charge < -0.3 is 4.57 Å². The zero-order valence-corrected chi connectivity index (χ0v) is 21.1. The van der Waals surface area contributed by atoms with Crippen LogP contribution in [0.25, 0.3) is 10.2 Å². The van der Waals surface area contributed by atoms with Crippen LogP contribution in [0.15, 0.2) is 52.4 Å². The Morgan fingerprint density at radius 2 is 1.76 bits per heavy atom. The molecule has 1 fully saturated rings. The molecule has 33 heavy (non-hydrogen) atoms. The number of carbonyl (C=O) groups is 1. The minimum Gasteiger partial charge on any atom is -0.316 e. The molecule has 0 bridgehead atoms. The van der Waals surface area contributed by atoms with Gasteiger partial charge in [-0.25, -0.2) is 8.42 Å². The Kier molecular flexibility index (Phi) is 7.16. The molecule has 6 nitrogen and oxygen atoms in total. The van der Waals surface area contributed by atoms with Gasteiger partial charge in [0.05, 0.1) is 15.1 Å². The lowest BCUT2D eigenvalue weighted by molar-refractivity contribution is 0.0997. The molecule has 1 aliphatic rings. The molecule has 1 saturated heterocycles. The van der Waals surface area contributed by atoms with Crippen LogP contribution in [-0.2, 0) is 16.6 Å². The number of hydrogen-bond acceptors (Lipinski definition) is 4.